The van der Waals surface area contributed by atoms with Crippen molar-refractivity contribution in [1.29, 1.82) is 5.26 Å². The van der Waals surface area contributed by atoms with Gasteiger partial charge in [0.15, 0.2) is 5.41 Å². The van der Waals surface area contributed by atoms with Crippen LogP contribution in [0.3, 0.4) is 0 Å². The number of benzene rings is 2. The van der Waals surface area contributed by atoms with Gasteiger partial charge in [-0.3, -0.25) is 4.79 Å². The number of nitrogens with zero attached hydrogens (tertiary/aromatic N) is 2. The molecule has 9 nitrogen and oxygen atoms in total. The van der Waals surface area contributed by atoms with E-state index in [-0.39, 0.29) is 40.2 Å². The molecular weight excluding hydrogens is 498 g/mol. The van der Waals surface area contributed by atoms with Gasteiger partial charge in [-0.2, -0.15) is 5.26 Å². The van der Waals surface area contributed by atoms with Crippen LogP contribution in [0.5, 0.6) is 11.5 Å². The number of nitriles is 1. The van der Waals surface area contributed by atoms with Crippen LogP contribution in [0.15, 0.2) is 69.2 Å². The Morgan fingerprint density at radius 3 is 2.59 bits per heavy atom. The molecule has 39 heavy (non-hydrogen) atoms. The summed E-state index contributed by atoms with van der Waals surface area (Å²) >= 11 is 0. The van der Waals surface area contributed by atoms with Gasteiger partial charge in [-0.25, -0.2) is 9.59 Å². The average Bonchev–Trinajstić information content (AvgIpc) is 3.12. The zero-order valence-electron chi connectivity index (χ0n) is 21.8. The van der Waals surface area contributed by atoms with Crippen LogP contribution in [0.2, 0.25) is 0 Å². The quantitative estimate of drug-likeness (QED) is 0.390. The number of carbonyl (C=O) groups is 2. The first-order chi connectivity index (χ1) is 18.5. The molecule has 0 bridgehead atoms. The van der Waals surface area contributed by atoms with Crippen molar-refractivity contribution in [3.8, 4) is 17.6 Å². The number of carbonyl (C=O) groups excluding carboxylic acids is 2. The summed E-state index contributed by atoms with van der Waals surface area (Å²) in [5, 5.41) is 10.3. The summed E-state index contributed by atoms with van der Waals surface area (Å²) in [6, 6.07) is 15.3. The minimum absolute atomic E-state index is 0.0380. The molecule has 4 heterocycles. The first-order valence-electron chi connectivity index (χ1n) is 12.5. The summed E-state index contributed by atoms with van der Waals surface area (Å²) in [5.74, 6) is -0.937. The molecule has 1 amide bonds. The Morgan fingerprint density at radius 1 is 1.18 bits per heavy atom. The third-order valence-electron chi connectivity index (χ3n) is 7.79. The number of anilines is 1. The van der Waals surface area contributed by atoms with Gasteiger partial charge in [0.2, 0.25) is 11.8 Å². The lowest BCUT2D eigenvalue weighted by atomic mass is 9.69. The van der Waals surface area contributed by atoms with Crippen LogP contribution in [0.1, 0.15) is 65.9 Å². The molecule has 2 atom stereocenters. The first kappa shape index (κ1) is 24.5. The topological polar surface area (TPSA) is 136 Å². The minimum Gasteiger partial charge on any atom is -0.440 e. The van der Waals surface area contributed by atoms with Crippen molar-refractivity contribution in [1.82, 2.24) is 0 Å². The summed E-state index contributed by atoms with van der Waals surface area (Å²) in [4.78, 5) is 42.8. The van der Waals surface area contributed by atoms with E-state index >= 15 is 0 Å². The maximum absolute atomic E-state index is 14.7. The van der Waals surface area contributed by atoms with Crippen LogP contribution >= 0.6 is 0 Å². The number of amides is 1. The molecule has 9 heteroatoms. The minimum atomic E-state index is -1.94. The van der Waals surface area contributed by atoms with Crippen molar-refractivity contribution >= 4 is 17.6 Å². The van der Waals surface area contributed by atoms with Crippen molar-refractivity contribution in [2.45, 2.75) is 51.0 Å². The number of fused-ring (bicyclic) bond motifs is 3. The second-order valence-electron chi connectivity index (χ2n) is 10.8. The Labute approximate surface area is 224 Å². The number of nitrogens with two attached hydrogens (primary N) is 1. The average molecular weight is 524 g/mol. The van der Waals surface area contributed by atoms with Crippen LogP contribution < -0.4 is 25.7 Å². The fraction of sp³-hybridized carbons (Fsp3) is 0.267. The molecule has 1 spiro atoms. The Kier molecular flexibility index (Phi) is 5.07. The van der Waals surface area contributed by atoms with Crippen molar-refractivity contribution < 1.29 is 23.5 Å². The van der Waals surface area contributed by atoms with Gasteiger partial charge in [-0.05, 0) is 62.9 Å². The molecule has 196 valence electrons. The molecule has 0 radical (unpaired) electrons. The molecule has 6 rings (SSSR count). The highest BCUT2D eigenvalue weighted by atomic mass is 16.5. The van der Waals surface area contributed by atoms with E-state index in [0.29, 0.717) is 23.2 Å². The van der Waals surface area contributed by atoms with Crippen LogP contribution in [0.25, 0.3) is 0 Å². The van der Waals surface area contributed by atoms with Gasteiger partial charge in [-0.1, -0.05) is 25.1 Å². The SMILES string of the molecule is Cc1cc2c(c(=O)o1)[C@@]1(C(=O)N3c4c(cc(OC(=O)c5ccccc5)cc41)[C@@H](C)CC3(C)C)C(C#N)=C(N)O2. The van der Waals surface area contributed by atoms with Gasteiger partial charge in [0.05, 0.1) is 11.3 Å². The van der Waals surface area contributed by atoms with Crippen molar-refractivity contribution in [3.63, 3.8) is 0 Å². The number of hydrogen-bond donors (Lipinski definition) is 1. The lowest BCUT2D eigenvalue weighted by Gasteiger charge is -2.44. The smallest absolute Gasteiger partial charge is 0.344 e. The Balaban J connectivity index is 1.70. The predicted molar refractivity (Wildman–Crippen MR) is 140 cm³/mol. The van der Waals surface area contributed by atoms with Crippen LogP contribution in [-0.4, -0.2) is 17.4 Å². The van der Waals surface area contributed by atoms with Crippen molar-refractivity contribution in [2.75, 3.05) is 4.90 Å². The van der Waals surface area contributed by atoms with E-state index in [4.69, 9.17) is 19.6 Å². The van der Waals surface area contributed by atoms with Gasteiger partial charge in [-0.15, -0.1) is 0 Å². The molecule has 2 aromatic carbocycles. The lowest BCUT2D eigenvalue weighted by Crippen LogP contribution is -2.55. The molecule has 3 aliphatic heterocycles. The zero-order valence-corrected chi connectivity index (χ0v) is 21.8. The van der Waals surface area contributed by atoms with E-state index in [1.165, 1.54) is 6.07 Å². The van der Waals surface area contributed by atoms with Gasteiger partial charge < -0.3 is 24.5 Å². The van der Waals surface area contributed by atoms with Gasteiger partial charge in [0.1, 0.15) is 34.5 Å². The highest BCUT2D eigenvalue weighted by molar-refractivity contribution is 6.16. The standard InChI is InChI=1S/C30H25N3O6/c1-15-13-29(3,4)33-24-19(15)11-18(38-26(34)17-8-6-5-7-9-17)12-20(24)30(28(33)36)21(14-31)25(32)39-22-10-16(2)37-27(35)23(22)30/h5-12,15H,13,32H2,1-4H3/t15-,30-/m0/s1. The van der Waals surface area contributed by atoms with E-state index in [9.17, 15) is 19.6 Å². The maximum Gasteiger partial charge on any atom is 0.344 e. The van der Waals surface area contributed by atoms with E-state index in [1.807, 2.05) is 26.8 Å². The third-order valence-corrected chi connectivity index (χ3v) is 7.79. The second-order valence-corrected chi connectivity index (χ2v) is 10.8. The lowest BCUT2D eigenvalue weighted by molar-refractivity contribution is -0.122. The molecule has 2 N–H and O–H groups in total. The number of ether oxygens (including phenoxy) is 2. The largest absolute Gasteiger partial charge is 0.440 e. The number of esters is 1. The maximum atomic E-state index is 14.7. The number of hydrogen-bond acceptors (Lipinski definition) is 8. The fourth-order valence-corrected chi connectivity index (χ4v) is 6.36. The third kappa shape index (κ3) is 3.21. The number of aryl methyl sites for hydroxylation is 1. The molecule has 3 aliphatic rings. The summed E-state index contributed by atoms with van der Waals surface area (Å²) < 4.78 is 16.9. The normalized spacial score (nSPS) is 22.2. The second kappa shape index (κ2) is 8.08. The molecule has 3 aromatic rings. The number of rotatable bonds is 2. The van der Waals surface area contributed by atoms with Crippen LogP contribution in [0.4, 0.5) is 5.69 Å². The molecule has 0 saturated heterocycles. The molecule has 0 aliphatic carbocycles. The zero-order chi connectivity index (χ0) is 27.9. The van der Waals surface area contributed by atoms with Crippen LogP contribution in [0, 0.1) is 18.3 Å². The van der Waals surface area contributed by atoms with Crippen LogP contribution in [-0.2, 0) is 10.2 Å². The van der Waals surface area contributed by atoms with E-state index in [2.05, 4.69) is 0 Å². The van der Waals surface area contributed by atoms with E-state index < -0.39 is 28.5 Å². The Morgan fingerprint density at radius 2 is 1.90 bits per heavy atom. The summed E-state index contributed by atoms with van der Waals surface area (Å²) in [5.41, 5.74) is 4.48. The van der Waals surface area contributed by atoms with Gasteiger partial charge >= 0.3 is 11.6 Å². The van der Waals surface area contributed by atoms with E-state index in [1.54, 1.807) is 54.3 Å². The molecular formula is C30H25N3O6. The summed E-state index contributed by atoms with van der Waals surface area (Å²) in [7, 11) is 0. The van der Waals surface area contributed by atoms with Gasteiger partial charge in [0, 0.05) is 17.2 Å². The monoisotopic (exact) mass is 523 g/mol. The van der Waals surface area contributed by atoms with Crippen molar-refractivity contribution in [2.24, 2.45) is 5.73 Å². The van der Waals surface area contributed by atoms with Crippen molar-refractivity contribution in [3.05, 3.63) is 98.4 Å². The predicted octanol–water partition coefficient (Wildman–Crippen LogP) is 4.17. The highest BCUT2D eigenvalue weighted by Crippen LogP contribution is 2.61. The van der Waals surface area contributed by atoms with E-state index in [0.717, 1.165) is 5.56 Å². The highest BCUT2D eigenvalue weighted by Gasteiger charge is 2.64. The summed E-state index contributed by atoms with van der Waals surface area (Å²) in [6.07, 6.45) is 0.588. The first-order valence-corrected chi connectivity index (χ1v) is 12.5. The molecule has 0 unspecified atom stereocenters. The Hall–Kier alpha value is -4.84. The van der Waals surface area contributed by atoms with Gasteiger partial charge in [0.25, 0.3) is 0 Å². The molecule has 0 saturated carbocycles. The Bertz CT molecular complexity index is 1730. The fourth-order valence-electron chi connectivity index (χ4n) is 6.36. The molecule has 0 fully saturated rings. The summed E-state index contributed by atoms with van der Waals surface area (Å²) in [6.45, 7) is 7.48. The molecule has 1 aromatic heterocycles.